The molecule has 4 N–H and O–H groups in total. The van der Waals surface area contributed by atoms with Gasteiger partial charge in [-0.15, -0.1) is 0 Å². The lowest BCUT2D eigenvalue weighted by molar-refractivity contribution is 0.0515. The topological polar surface area (TPSA) is 265 Å². The summed E-state index contributed by atoms with van der Waals surface area (Å²) in [6, 6.07) is 25.1. The van der Waals surface area contributed by atoms with Crippen LogP contribution in [0, 0.1) is 39.0 Å². The van der Waals surface area contributed by atoms with Crippen molar-refractivity contribution in [1.29, 1.82) is 5.26 Å². The van der Waals surface area contributed by atoms with Crippen LogP contribution in [0.15, 0.2) is 110 Å². The number of hydrogen-bond acceptors (Lipinski definition) is 18. The highest BCUT2D eigenvalue weighted by Gasteiger charge is 2.11. The van der Waals surface area contributed by atoms with Crippen molar-refractivity contribution in [3.8, 4) is 29.1 Å². The van der Waals surface area contributed by atoms with Crippen molar-refractivity contribution in [2.24, 2.45) is 5.73 Å². The molecule has 0 aliphatic carbocycles. The molecule has 3 aromatic heterocycles. The van der Waals surface area contributed by atoms with Crippen molar-refractivity contribution in [2.75, 3.05) is 41.2 Å². The molecule has 19 heteroatoms. The van der Waals surface area contributed by atoms with E-state index in [2.05, 4.69) is 42.0 Å². The van der Waals surface area contributed by atoms with E-state index in [-0.39, 0.29) is 16.8 Å². The number of hydrogen-bond donors (Lipinski definition) is 3. The number of phenolic OH excluding ortho intramolecular Hbond substituents is 1. The van der Waals surface area contributed by atoms with Crippen LogP contribution in [-0.2, 0) is 41.7 Å². The Morgan fingerprint density at radius 2 is 0.961 bits per heavy atom. The summed E-state index contributed by atoms with van der Waals surface area (Å²) in [5.41, 5.74) is 14.7. The molecular weight excluding hydrogens is 992 g/mol. The average molecular weight is 1060 g/mol. The number of halogens is 1. The summed E-state index contributed by atoms with van der Waals surface area (Å²) in [5.74, 6) is 2.71. The number of phenols is 1. The maximum absolute atomic E-state index is 11.5. The standard InChI is InChI=1S/2C16H18N2O3.C9H13NO.C9H9NO.C7H7ClN2O2/c1-11-3-5-15(21-2)12(7-11)4-6-16-17-8-13(9-18-16)14(20)10-19;1-3-21-16(20)13-9-17-15(18-10-13)7-5-12-8-11(2)4-6-14(12)19;2*1-7-3-4-9(11-2)8(5-7)6-10;1-2-12-6(11)5-3-9-7(8)10-4-5/h3,5,7-9,19H,4,6,10H2,1-2H3;4,6,8-10,19H,3,5,7H2,1-2H3;3-5H,6,10H2,1-2H3;3-5H,1-2H3;3-4H,2H2,1H3. The van der Waals surface area contributed by atoms with E-state index < -0.39 is 18.5 Å². The number of aryl methyl sites for hydroxylation is 8. The Bertz CT molecular complexity index is 2970. The monoisotopic (exact) mass is 1060 g/mol. The predicted molar refractivity (Wildman–Crippen MR) is 288 cm³/mol. The molecule has 0 bridgehead atoms. The van der Waals surface area contributed by atoms with Crippen molar-refractivity contribution < 1.29 is 48.3 Å². The number of methoxy groups -OCH3 is 3. The zero-order chi connectivity index (χ0) is 56.0. The SMILES string of the molecule is CCOC(=O)c1cnc(CCc2cc(C)ccc2O)nc1.CCOC(=O)c1cnc(Cl)nc1.COc1ccc(C)cc1C#N.COc1ccc(C)cc1CCc1ncc(C(=O)CO)cn1.COc1ccc(C)cc1CN. The second-order valence-corrected chi connectivity index (χ2v) is 16.7. The normalized spacial score (nSPS) is 9.93. The smallest absolute Gasteiger partial charge is 0.341 e. The van der Waals surface area contributed by atoms with E-state index >= 15 is 0 Å². The van der Waals surface area contributed by atoms with Gasteiger partial charge in [-0.2, -0.15) is 5.26 Å². The highest BCUT2D eigenvalue weighted by Crippen LogP contribution is 2.23. The molecule has 4 aromatic carbocycles. The third kappa shape index (κ3) is 21.2. The number of nitrogens with two attached hydrogens (primary N) is 1. The Hall–Kier alpha value is -8.37. The number of aromatic nitrogens is 6. The first-order valence-corrected chi connectivity index (χ1v) is 24.3. The molecule has 400 valence electrons. The number of ketones is 1. The highest BCUT2D eigenvalue weighted by atomic mass is 35.5. The minimum atomic E-state index is -0.525. The van der Waals surface area contributed by atoms with E-state index in [4.69, 9.17) is 51.4 Å². The van der Waals surface area contributed by atoms with Crippen molar-refractivity contribution in [2.45, 2.75) is 73.8 Å². The molecular formula is C57H65ClN8O10. The fourth-order valence-electron chi connectivity index (χ4n) is 6.64. The largest absolute Gasteiger partial charge is 0.508 e. The molecule has 0 aliphatic heterocycles. The summed E-state index contributed by atoms with van der Waals surface area (Å²) in [6.45, 7) is 12.2. The van der Waals surface area contributed by atoms with Crippen LogP contribution in [0.5, 0.6) is 23.0 Å². The van der Waals surface area contributed by atoms with Gasteiger partial charge in [0.25, 0.3) is 0 Å². The molecule has 18 nitrogen and oxygen atoms in total. The van der Waals surface area contributed by atoms with Crippen LogP contribution in [0.4, 0.5) is 0 Å². The van der Waals surface area contributed by atoms with Gasteiger partial charge < -0.3 is 39.6 Å². The number of nitrogens with zero attached hydrogens (tertiary/aromatic N) is 7. The Labute approximate surface area is 448 Å². The zero-order valence-electron chi connectivity index (χ0n) is 44.3. The number of nitriles is 1. The zero-order valence-corrected chi connectivity index (χ0v) is 45.1. The van der Waals surface area contributed by atoms with E-state index in [1.54, 1.807) is 53.4 Å². The molecule has 3 heterocycles. The minimum absolute atomic E-state index is 0.114. The Morgan fingerprint density at radius 3 is 1.41 bits per heavy atom. The molecule has 0 atom stereocenters. The summed E-state index contributed by atoms with van der Waals surface area (Å²) in [5, 5.41) is 27.3. The van der Waals surface area contributed by atoms with Crippen molar-refractivity contribution >= 4 is 29.3 Å². The van der Waals surface area contributed by atoms with E-state index in [0.29, 0.717) is 78.7 Å². The Morgan fingerprint density at radius 1 is 0.566 bits per heavy atom. The summed E-state index contributed by atoms with van der Waals surface area (Å²) < 4.78 is 25.0. The van der Waals surface area contributed by atoms with Crippen molar-refractivity contribution in [3.63, 3.8) is 0 Å². The number of ether oxygens (including phenoxy) is 5. The number of rotatable bonds is 16. The fourth-order valence-corrected chi connectivity index (χ4v) is 6.74. The van der Waals surface area contributed by atoms with E-state index in [0.717, 1.165) is 45.7 Å². The Balaban J connectivity index is 0.000000259. The highest BCUT2D eigenvalue weighted by molar-refractivity contribution is 6.28. The number of aliphatic hydroxyl groups excluding tert-OH is 1. The molecule has 0 radical (unpaired) electrons. The quantitative estimate of drug-likeness (QED) is 0.0463. The van der Waals surface area contributed by atoms with Crippen LogP contribution < -0.4 is 19.9 Å². The number of Topliss-reactive ketones (excluding diaryl/α,β-unsaturated/α-hetero) is 1. The number of aliphatic hydroxyl groups is 1. The number of aromatic hydroxyl groups is 1. The molecule has 0 saturated heterocycles. The third-order valence-electron chi connectivity index (χ3n) is 10.6. The van der Waals surface area contributed by atoms with Gasteiger partial charge in [0, 0.05) is 62.1 Å². The molecule has 0 aliphatic rings. The predicted octanol–water partition coefficient (Wildman–Crippen LogP) is 8.85. The van der Waals surface area contributed by atoms with Crippen LogP contribution in [0.1, 0.15) is 101 Å². The van der Waals surface area contributed by atoms with Crippen LogP contribution >= 0.6 is 11.6 Å². The average Bonchev–Trinajstić information content (AvgIpc) is 3.43. The molecule has 76 heavy (non-hydrogen) atoms. The maximum atomic E-state index is 11.5. The van der Waals surface area contributed by atoms with E-state index in [1.807, 2.05) is 76.2 Å². The van der Waals surface area contributed by atoms with Crippen molar-refractivity contribution in [1.82, 2.24) is 29.9 Å². The first-order chi connectivity index (χ1) is 36.5. The van der Waals surface area contributed by atoms with Crippen LogP contribution in [0.3, 0.4) is 0 Å². The van der Waals surface area contributed by atoms with Gasteiger partial charge >= 0.3 is 11.9 Å². The van der Waals surface area contributed by atoms with Gasteiger partial charge in [0.2, 0.25) is 5.28 Å². The molecule has 0 unspecified atom stereocenters. The molecule has 0 amide bonds. The number of benzene rings is 4. The van der Waals surface area contributed by atoms with Crippen molar-refractivity contribution in [3.05, 3.63) is 188 Å². The number of carbonyl (C=O) groups is 3. The van der Waals surface area contributed by atoms with Gasteiger partial charge in [-0.1, -0.05) is 59.2 Å². The third-order valence-corrected chi connectivity index (χ3v) is 10.8. The van der Waals surface area contributed by atoms with Gasteiger partial charge in [0.1, 0.15) is 47.3 Å². The van der Waals surface area contributed by atoms with Gasteiger partial charge in [-0.25, -0.2) is 39.5 Å². The summed E-state index contributed by atoms with van der Waals surface area (Å²) in [6.07, 6.45) is 11.2. The fraction of sp³-hybridized carbons (Fsp3) is 0.298. The molecule has 0 saturated carbocycles. The second-order valence-electron chi connectivity index (χ2n) is 16.3. The molecule has 0 spiro atoms. The van der Waals surface area contributed by atoms with Crippen LogP contribution in [-0.4, -0.2) is 99.0 Å². The second kappa shape index (κ2) is 33.4. The lowest BCUT2D eigenvalue weighted by Gasteiger charge is -2.09. The molecule has 7 rings (SSSR count). The molecule has 7 aromatic rings. The number of esters is 2. The van der Waals surface area contributed by atoms with Gasteiger partial charge in [-0.3, -0.25) is 4.79 Å². The minimum Gasteiger partial charge on any atom is -0.508 e. The summed E-state index contributed by atoms with van der Waals surface area (Å²) in [4.78, 5) is 57.7. The lowest BCUT2D eigenvalue weighted by atomic mass is 10.1. The Kier molecular flexibility index (Phi) is 27.3. The van der Waals surface area contributed by atoms with Gasteiger partial charge in [0.05, 0.1) is 56.8 Å². The number of carbonyl (C=O) groups excluding carboxylic acids is 3. The first-order valence-electron chi connectivity index (χ1n) is 23.9. The molecule has 0 fully saturated rings. The lowest BCUT2D eigenvalue weighted by Crippen LogP contribution is -2.07. The van der Waals surface area contributed by atoms with Gasteiger partial charge in [0.15, 0.2) is 5.78 Å². The maximum Gasteiger partial charge on any atom is 0.341 e. The van der Waals surface area contributed by atoms with E-state index in [1.165, 1.54) is 48.3 Å². The van der Waals surface area contributed by atoms with E-state index in [9.17, 15) is 19.5 Å². The van der Waals surface area contributed by atoms with Crippen LogP contribution in [0.25, 0.3) is 0 Å². The summed E-state index contributed by atoms with van der Waals surface area (Å²) >= 11 is 5.42. The summed E-state index contributed by atoms with van der Waals surface area (Å²) in [7, 11) is 4.87. The van der Waals surface area contributed by atoms with Crippen LogP contribution in [0.2, 0.25) is 5.28 Å². The van der Waals surface area contributed by atoms with Gasteiger partial charge in [-0.05, 0) is 113 Å². The first kappa shape index (κ1) is 61.9.